The lowest BCUT2D eigenvalue weighted by Crippen LogP contribution is -2.36. The Morgan fingerprint density at radius 1 is 1.33 bits per heavy atom. The molecule has 0 aliphatic heterocycles. The summed E-state index contributed by atoms with van der Waals surface area (Å²) < 4.78 is 5.79. The minimum atomic E-state index is -0.270. The number of Topliss-reactive ketones (excluding diaryl/α,β-unsaturated/α-hetero) is 1. The lowest BCUT2D eigenvalue weighted by Gasteiger charge is -2.41. The summed E-state index contributed by atoms with van der Waals surface area (Å²) in [5.41, 5.74) is 0.688. The van der Waals surface area contributed by atoms with Gasteiger partial charge in [0, 0.05) is 19.4 Å². The highest BCUT2D eigenvalue weighted by atomic mass is 32.1. The lowest BCUT2D eigenvalue weighted by atomic mass is 9.71. The van der Waals surface area contributed by atoms with E-state index in [2.05, 4.69) is 18.8 Å². The molecule has 0 radical (unpaired) electrons. The van der Waals surface area contributed by atoms with E-state index in [1.807, 2.05) is 5.38 Å². The number of aromatic nitrogens is 1. The molecule has 0 aromatic carbocycles. The van der Waals surface area contributed by atoms with E-state index in [1.54, 1.807) is 25.4 Å². The van der Waals surface area contributed by atoms with E-state index in [0.29, 0.717) is 11.1 Å². The van der Waals surface area contributed by atoms with Gasteiger partial charge in [0.25, 0.3) is 0 Å². The molecule has 2 rings (SSSR count). The van der Waals surface area contributed by atoms with E-state index in [0.717, 1.165) is 30.7 Å². The minimum absolute atomic E-state index is 0.0277. The molecule has 0 atom stereocenters. The third-order valence-corrected chi connectivity index (χ3v) is 5.08. The van der Waals surface area contributed by atoms with Crippen molar-refractivity contribution in [3.8, 4) is 0 Å². The number of rotatable bonds is 3. The van der Waals surface area contributed by atoms with Crippen molar-refractivity contribution >= 4 is 17.1 Å². The molecule has 4 heteroatoms. The third-order valence-electron chi connectivity index (χ3n) is 4.06. The van der Waals surface area contributed by atoms with Crippen LogP contribution in [0.4, 0.5) is 0 Å². The van der Waals surface area contributed by atoms with Gasteiger partial charge < -0.3 is 4.74 Å². The van der Waals surface area contributed by atoms with Crippen LogP contribution in [0.15, 0.2) is 5.38 Å². The topological polar surface area (TPSA) is 39.2 Å². The zero-order valence-electron chi connectivity index (χ0n) is 11.6. The largest absolute Gasteiger partial charge is 0.371 e. The van der Waals surface area contributed by atoms with E-state index in [-0.39, 0.29) is 11.4 Å². The zero-order chi connectivity index (χ0) is 13.4. The molecule has 1 heterocycles. The van der Waals surface area contributed by atoms with Gasteiger partial charge >= 0.3 is 0 Å². The van der Waals surface area contributed by atoms with E-state index < -0.39 is 0 Å². The van der Waals surface area contributed by atoms with Crippen LogP contribution in [-0.2, 0) is 10.3 Å². The van der Waals surface area contributed by atoms with Crippen molar-refractivity contribution in [2.24, 2.45) is 5.41 Å². The molecular formula is C14H21NO2S. The average Bonchev–Trinajstić information content (AvgIpc) is 2.80. The van der Waals surface area contributed by atoms with Gasteiger partial charge in [-0.2, -0.15) is 0 Å². The molecule has 1 aromatic rings. The third kappa shape index (κ3) is 2.50. The van der Waals surface area contributed by atoms with Gasteiger partial charge in [-0.05, 0) is 31.1 Å². The first-order chi connectivity index (χ1) is 8.38. The Labute approximate surface area is 113 Å². The Bertz CT molecular complexity index is 440. The number of carbonyl (C=O) groups is 1. The highest BCUT2D eigenvalue weighted by molar-refractivity contribution is 7.10. The first-order valence-electron chi connectivity index (χ1n) is 6.41. The predicted molar refractivity (Wildman–Crippen MR) is 73.1 cm³/mol. The minimum Gasteiger partial charge on any atom is -0.371 e. The van der Waals surface area contributed by atoms with Gasteiger partial charge in [0.2, 0.25) is 0 Å². The van der Waals surface area contributed by atoms with Crippen LogP contribution < -0.4 is 0 Å². The lowest BCUT2D eigenvalue weighted by molar-refractivity contribution is -0.0667. The average molecular weight is 267 g/mol. The van der Waals surface area contributed by atoms with Gasteiger partial charge in [-0.25, -0.2) is 4.98 Å². The molecule has 18 heavy (non-hydrogen) atoms. The van der Waals surface area contributed by atoms with Crippen LogP contribution in [0.1, 0.15) is 62.0 Å². The Morgan fingerprint density at radius 2 is 1.94 bits per heavy atom. The normalized spacial score (nSPS) is 21.8. The van der Waals surface area contributed by atoms with Crippen molar-refractivity contribution in [2.75, 3.05) is 7.11 Å². The van der Waals surface area contributed by atoms with Crippen molar-refractivity contribution in [1.29, 1.82) is 0 Å². The fourth-order valence-corrected chi connectivity index (χ4v) is 3.58. The second-order valence-electron chi connectivity index (χ2n) is 5.96. The SMILES string of the molecule is COC1(c2nc(C(C)=O)cs2)CCC(C)(C)CC1. The molecule has 0 saturated heterocycles. The van der Waals surface area contributed by atoms with E-state index in [9.17, 15) is 4.79 Å². The van der Waals surface area contributed by atoms with Crippen molar-refractivity contribution in [1.82, 2.24) is 4.98 Å². The zero-order valence-corrected chi connectivity index (χ0v) is 12.4. The van der Waals surface area contributed by atoms with Gasteiger partial charge in [-0.15, -0.1) is 11.3 Å². The molecule has 1 saturated carbocycles. The molecule has 1 aliphatic rings. The Balaban J connectivity index is 2.25. The van der Waals surface area contributed by atoms with Crippen LogP contribution in [0.2, 0.25) is 0 Å². The highest BCUT2D eigenvalue weighted by Crippen LogP contribution is 2.47. The molecule has 1 aliphatic carbocycles. The summed E-state index contributed by atoms with van der Waals surface area (Å²) in [6.45, 7) is 6.16. The predicted octanol–water partition coefficient (Wildman–Crippen LogP) is 3.79. The van der Waals surface area contributed by atoms with Crippen molar-refractivity contribution in [3.05, 3.63) is 16.1 Å². The summed E-state index contributed by atoms with van der Waals surface area (Å²) in [4.78, 5) is 15.8. The van der Waals surface area contributed by atoms with Gasteiger partial charge in [0.1, 0.15) is 16.3 Å². The maximum Gasteiger partial charge on any atom is 0.178 e. The van der Waals surface area contributed by atoms with Crippen LogP contribution >= 0.6 is 11.3 Å². The second-order valence-corrected chi connectivity index (χ2v) is 6.81. The van der Waals surface area contributed by atoms with E-state index >= 15 is 0 Å². The molecule has 0 spiro atoms. The summed E-state index contributed by atoms with van der Waals surface area (Å²) in [6.07, 6.45) is 4.24. The quantitative estimate of drug-likeness (QED) is 0.782. The molecule has 1 fully saturated rings. The van der Waals surface area contributed by atoms with Crippen LogP contribution in [0.5, 0.6) is 0 Å². The van der Waals surface area contributed by atoms with Crippen molar-refractivity contribution in [2.45, 2.75) is 52.1 Å². The molecule has 0 bridgehead atoms. The van der Waals surface area contributed by atoms with Gasteiger partial charge in [-0.3, -0.25) is 4.79 Å². The standard InChI is InChI=1S/C14H21NO2S/c1-10(16)11-9-18-12(15-11)14(17-4)7-5-13(2,3)6-8-14/h9H,5-8H2,1-4H3. The maximum absolute atomic E-state index is 11.3. The first kappa shape index (κ1) is 13.7. The number of carbonyl (C=O) groups excluding carboxylic acids is 1. The fourth-order valence-electron chi connectivity index (χ4n) is 2.48. The summed E-state index contributed by atoms with van der Waals surface area (Å²) >= 11 is 1.55. The molecule has 0 N–H and O–H groups in total. The van der Waals surface area contributed by atoms with Crippen LogP contribution in [-0.4, -0.2) is 17.9 Å². The van der Waals surface area contributed by atoms with Gasteiger partial charge in [0.05, 0.1) is 0 Å². The maximum atomic E-state index is 11.3. The van der Waals surface area contributed by atoms with Crippen LogP contribution in [0, 0.1) is 5.41 Å². The highest BCUT2D eigenvalue weighted by Gasteiger charge is 2.42. The molecule has 0 unspecified atom stereocenters. The number of methoxy groups -OCH3 is 1. The first-order valence-corrected chi connectivity index (χ1v) is 7.29. The molecular weight excluding hydrogens is 246 g/mol. The number of hydrogen-bond acceptors (Lipinski definition) is 4. The van der Waals surface area contributed by atoms with Crippen molar-refractivity contribution < 1.29 is 9.53 Å². The summed E-state index contributed by atoms with van der Waals surface area (Å²) in [5.74, 6) is 0.0277. The monoisotopic (exact) mass is 267 g/mol. The number of thiazole rings is 1. The second kappa shape index (κ2) is 4.74. The summed E-state index contributed by atoms with van der Waals surface area (Å²) in [6, 6.07) is 0. The number of hydrogen-bond donors (Lipinski definition) is 0. The van der Waals surface area contributed by atoms with Crippen LogP contribution in [0.25, 0.3) is 0 Å². The molecule has 0 amide bonds. The van der Waals surface area contributed by atoms with E-state index in [4.69, 9.17) is 4.74 Å². The summed E-state index contributed by atoms with van der Waals surface area (Å²) in [5, 5.41) is 2.81. The van der Waals surface area contributed by atoms with Gasteiger partial charge in [0.15, 0.2) is 5.78 Å². The van der Waals surface area contributed by atoms with Crippen molar-refractivity contribution in [3.63, 3.8) is 0 Å². The Kier molecular flexibility index (Phi) is 3.60. The number of ether oxygens (including phenoxy) is 1. The van der Waals surface area contributed by atoms with Gasteiger partial charge in [-0.1, -0.05) is 13.8 Å². The summed E-state index contributed by atoms with van der Waals surface area (Å²) in [7, 11) is 1.76. The fraction of sp³-hybridized carbons (Fsp3) is 0.714. The molecule has 3 nitrogen and oxygen atoms in total. The molecule has 1 aromatic heterocycles. The Morgan fingerprint density at radius 3 is 2.39 bits per heavy atom. The number of nitrogens with zero attached hydrogens (tertiary/aromatic N) is 1. The molecule has 100 valence electrons. The van der Waals surface area contributed by atoms with Crippen LogP contribution in [0.3, 0.4) is 0 Å². The van der Waals surface area contributed by atoms with E-state index in [1.165, 1.54) is 0 Å². The number of ketones is 1. The Hall–Kier alpha value is -0.740. The smallest absolute Gasteiger partial charge is 0.178 e.